The number of rotatable bonds is 0. The van der Waals surface area contributed by atoms with E-state index in [0.29, 0.717) is 6.10 Å². The summed E-state index contributed by atoms with van der Waals surface area (Å²) in [4.78, 5) is 0. The van der Waals surface area contributed by atoms with Gasteiger partial charge in [-0.25, -0.2) is 0 Å². The predicted molar refractivity (Wildman–Crippen MR) is 59.3 cm³/mol. The van der Waals surface area contributed by atoms with E-state index in [1.54, 1.807) is 0 Å². The molecule has 0 aromatic carbocycles. The van der Waals surface area contributed by atoms with Gasteiger partial charge in [-0.15, -0.1) is 0 Å². The molecule has 2 rings (SSSR count). The van der Waals surface area contributed by atoms with E-state index in [-0.39, 0.29) is 11.0 Å². The molecule has 1 spiro atoms. The van der Waals surface area contributed by atoms with Crippen LogP contribution in [0.4, 0.5) is 0 Å². The first kappa shape index (κ1) is 10.2. The Bertz CT molecular complexity index is 254. The number of hydrogen-bond acceptors (Lipinski definition) is 1. The van der Waals surface area contributed by atoms with Gasteiger partial charge in [-0.05, 0) is 50.0 Å². The summed E-state index contributed by atoms with van der Waals surface area (Å²) in [5, 5.41) is 0. The van der Waals surface area contributed by atoms with Crippen molar-refractivity contribution in [1.82, 2.24) is 0 Å². The van der Waals surface area contributed by atoms with Gasteiger partial charge < -0.3 is 4.74 Å². The third kappa shape index (κ3) is 1.25. The standard InChI is InChI=1S/C13H22O/c1-10-6-5-8-12(3,4)13(10)9-7-11(2)14-13/h11H,1,5-9H2,2-4H3/t11-,13+/m0/s1. The summed E-state index contributed by atoms with van der Waals surface area (Å²) < 4.78 is 6.22. The van der Waals surface area contributed by atoms with Crippen LogP contribution < -0.4 is 0 Å². The lowest BCUT2D eigenvalue weighted by atomic mass is 9.62. The molecule has 1 nitrogen and oxygen atoms in total. The van der Waals surface area contributed by atoms with Gasteiger partial charge in [-0.1, -0.05) is 20.4 Å². The monoisotopic (exact) mass is 194 g/mol. The highest BCUT2D eigenvalue weighted by atomic mass is 16.5. The lowest BCUT2D eigenvalue weighted by Crippen LogP contribution is -2.48. The van der Waals surface area contributed by atoms with Crippen LogP contribution in [-0.2, 0) is 4.74 Å². The van der Waals surface area contributed by atoms with Crippen LogP contribution in [0.5, 0.6) is 0 Å². The summed E-state index contributed by atoms with van der Waals surface area (Å²) in [5.74, 6) is 0. The molecule has 0 N–H and O–H groups in total. The highest BCUT2D eigenvalue weighted by molar-refractivity contribution is 5.23. The van der Waals surface area contributed by atoms with Crippen LogP contribution >= 0.6 is 0 Å². The highest BCUT2D eigenvalue weighted by Gasteiger charge is 2.53. The maximum absolute atomic E-state index is 6.22. The fourth-order valence-corrected chi connectivity index (χ4v) is 3.25. The van der Waals surface area contributed by atoms with Crippen LogP contribution in [0, 0.1) is 5.41 Å². The summed E-state index contributed by atoms with van der Waals surface area (Å²) in [6.07, 6.45) is 6.52. The molecule has 0 radical (unpaired) electrons. The minimum absolute atomic E-state index is 0.00463. The van der Waals surface area contributed by atoms with E-state index in [4.69, 9.17) is 4.74 Å². The zero-order valence-corrected chi connectivity index (χ0v) is 9.73. The van der Waals surface area contributed by atoms with E-state index in [1.165, 1.54) is 31.3 Å². The largest absolute Gasteiger partial charge is 0.367 e. The van der Waals surface area contributed by atoms with Crippen molar-refractivity contribution in [2.45, 2.75) is 64.6 Å². The molecule has 1 saturated heterocycles. The van der Waals surface area contributed by atoms with Crippen molar-refractivity contribution < 1.29 is 4.74 Å². The van der Waals surface area contributed by atoms with Crippen LogP contribution in [0.15, 0.2) is 12.2 Å². The molecule has 0 amide bonds. The Hall–Kier alpha value is -0.300. The lowest BCUT2D eigenvalue weighted by Gasteiger charge is -2.49. The fourth-order valence-electron chi connectivity index (χ4n) is 3.25. The van der Waals surface area contributed by atoms with Crippen LogP contribution in [0.3, 0.4) is 0 Å². The van der Waals surface area contributed by atoms with Crippen LogP contribution in [0.1, 0.15) is 52.9 Å². The average molecular weight is 194 g/mol. The molecule has 0 aromatic heterocycles. The number of hydrogen-bond donors (Lipinski definition) is 0. The summed E-state index contributed by atoms with van der Waals surface area (Å²) >= 11 is 0. The van der Waals surface area contributed by atoms with E-state index in [1.807, 2.05) is 0 Å². The molecule has 1 aliphatic carbocycles. The lowest BCUT2D eigenvalue weighted by molar-refractivity contribution is -0.0985. The summed E-state index contributed by atoms with van der Waals surface area (Å²) in [7, 11) is 0. The summed E-state index contributed by atoms with van der Waals surface area (Å²) in [5.41, 5.74) is 1.63. The molecule has 0 bridgehead atoms. The second kappa shape index (κ2) is 3.10. The van der Waals surface area contributed by atoms with Gasteiger partial charge in [0, 0.05) is 0 Å². The van der Waals surface area contributed by atoms with Gasteiger partial charge in [-0.3, -0.25) is 0 Å². The third-order valence-corrected chi connectivity index (χ3v) is 4.25. The molecule has 1 heterocycles. The second-order valence-electron chi connectivity index (χ2n) is 5.64. The Labute approximate surface area is 87.5 Å². The van der Waals surface area contributed by atoms with Gasteiger partial charge in [-0.2, -0.15) is 0 Å². The van der Waals surface area contributed by atoms with E-state index < -0.39 is 0 Å². The molecule has 1 saturated carbocycles. The molecule has 1 heteroatoms. The highest BCUT2D eigenvalue weighted by Crippen LogP contribution is 2.54. The van der Waals surface area contributed by atoms with Crippen LogP contribution in [0.25, 0.3) is 0 Å². The van der Waals surface area contributed by atoms with Gasteiger partial charge in [0.2, 0.25) is 0 Å². The first-order valence-corrected chi connectivity index (χ1v) is 5.84. The molecular weight excluding hydrogens is 172 g/mol. The Morgan fingerprint density at radius 2 is 2.07 bits per heavy atom. The van der Waals surface area contributed by atoms with E-state index in [0.717, 1.165) is 6.42 Å². The first-order valence-electron chi connectivity index (χ1n) is 5.84. The van der Waals surface area contributed by atoms with Crippen molar-refractivity contribution in [1.29, 1.82) is 0 Å². The van der Waals surface area contributed by atoms with Crippen molar-refractivity contribution in [3.63, 3.8) is 0 Å². The quantitative estimate of drug-likeness (QED) is 0.534. The summed E-state index contributed by atoms with van der Waals surface area (Å²) in [6.45, 7) is 11.1. The predicted octanol–water partition coefficient (Wildman–Crippen LogP) is 3.69. The smallest absolute Gasteiger partial charge is 0.0944 e. The zero-order valence-electron chi connectivity index (χ0n) is 9.73. The molecule has 2 aliphatic rings. The molecule has 2 atom stereocenters. The van der Waals surface area contributed by atoms with E-state index >= 15 is 0 Å². The van der Waals surface area contributed by atoms with Crippen molar-refractivity contribution in [2.75, 3.05) is 0 Å². The first-order chi connectivity index (χ1) is 6.48. The molecule has 0 unspecified atom stereocenters. The molecule has 2 fully saturated rings. The summed E-state index contributed by atoms with van der Waals surface area (Å²) in [6, 6.07) is 0. The van der Waals surface area contributed by atoms with Gasteiger partial charge in [0.1, 0.15) is 0 Å². The minimum atomic E-state index is 0.00463. The zero-order chi connectivity index (χ0) is 10.4. The maximum Gasteiger partial charge on any atom is 0.0944 e. The molecule has 14 heavy (non-hydrogen) atoms. The Morgan fingerprint density at radius 3 is 2.57 bits per heavy atom. The van der Waals surface area contributed by atoms with Crippen molar-refractivity contribution >= 4 is 0 Å². The van der Waals surface area contributed by atoms with Crippen LogP contribution in [-0.4, -0.2) is 11.7 Å². The van der Waals surface area contributed by atoms with Crippen molar-refractivity contribution in [2.24, 2.45) is 5.41 Å². The minimum Gasteiger partial charge on any atom is -0.367 e. The van der Waals surface area contributed by atoms with Crippen molar-refractivity contribution in [3.8, 4) is 0 Å². The van der Waals surface area contributed by atoms with Crippen molar-refractivity contribution in [3.05, 3.63) is 12.2 Å². The Kier molecular flexibility index (Phi) is 2.26. The molecular formula is C13H22O. The number of ether oxygens (including phenoxy) is 1. The second-order valence-corrected chi connectivity index (χ2v) is 5.64. The van der Waals surface area contributed by atoms with Gasteiger partial charge >= 0.3 is 0 Å². The van der Waals surface area contributed by atoms with Gasteiger partial charge in [0.05, 0.1) is 11.7 Å². The SMILES string of the molecule is C=C1CCCC(C)(C)[C@@]12CC[C@H](C)O2. The fraction of sp³-hybridized carbons (Fsp3) is 0.846. The maximum atomic E-state index is 6.22. The molecule has 0 aromatic rings. The molecule has 1 aliphatic heterocycles. The van der Waals surface area contributed by atoms with E-state index in [9.17, 15) is 0 Å². The van der Waals surface area contributed by atoms with Gasteiger partial charge in [0.15, 0.2) is 0 Å². The average Bonchev–Trinajstić information content (AvgIpc) is 2.46. The topological polar surface area (TPSA) is 9.23 Å². The normalized spacial score (nSPS) is 41.9. The Balaban J connectivity index is 2.32. The third-order valence-electron chi connectivity index (χ3n) is 4.25. The van der Waals surface area contributed by atoms with Crippen LogP contribution in [0.2, 0.25) is 0 Å². The van der Waals surface area contributed by atoms with E-state index in [2.05, 4.69) is 27.4 Å². The Morgan fingerprint density at radius 1 is 1.36 bits per heavy atom. The molecule has 80 valence electrons. The van der Waals surface area contributed by atoms with Gasteiger partial charge in [0.25, 0.3) is 0 Å².